The summed E-state index contributed by atoms with van der Waals surface area (Å²) < 4.78 is 10.9. The van der Waals surface area contributed by atoms with E-state index in [9.17, 15) is 4.79 Å². The van der Waals surface area contributed by atoms with Crippen molar-refractivity contribution in [1.82, 2.24) is 0 Å². The van der Waals surface area contributed by atoms with Crippen molar-refractivity contribution < 1.29 is 14.3 Å². The molecule has 130 valence electrons. The molecule has 0 spiro atoms. The number of halogens is 1. The number of hydrogen-bond donors (Lipinski definition) is 0. The Bertz CT molecular complexity index is 763. The summed E-state index contributed by atoms with van der Waals surface area (Å²) in [6, 6.07) is 14.4. The molecule has 1 unspecified atom stereocenters. The van der Waals surface area contributed by atoms with Gasteiger partial charge in [0.05, 0.1) is 0 Å². The first kappa shape index (κ1) is 19.2. The van der Waals surface area contributed by atoms with Gasteiger partial charge in [-0.3, -0.25) is 4.79 Å². The van der Waals surface area contributed by atoms with Crippen molar-refractivity contribution >= 4 is 29.3 Å². The first-order valence-electron chi connectivity index (χ1n) is 7.88. The second kappa shape index (κ2) is 10.0. The van der Waals surface area contributed by atoms with Gasteiger partial charge >= 0.3 is 5.97 Å². The second-order valence-electron chi connectivity index (χ2n) is 5.08. The van der Waals surface area contributed by atoms with Gasteiger partial charge in [0.1, 0.15) is 23.4 Å². The van der Waals surface area contributed by atoms with Crippen LogP contribution in [0, 0.1) is 11.8 Å². The van der Waals surface area contributed by atoms with Crippen LogP contribution in [0.2, 0.25) is 5.02 Å². The maximum absolute atomic E-state index is 12.4. The number of carbonyl (C=O) groups excluding carboxylic acids is 1. The van der Waals surface area contributed by atoms with Crippen molar-refractivity contribution in [2.75, 3.05) is 6.61 Å². The molecule has 0 bridgehead atoms. The lowest BCUT2D eigenvalue weighted by Gasteiger charge is -2.14. The van der Waals surface area contributed by atoms with Crippen LogP contribution in [0.5, 0.6) is 11.5 Å². The molecule has 1 atom stereocenters. The van der Waals surface area contributed by atoms with E-state index in [2.05, 4.69) is 11.8 Å². The normalized spacial score (nSPS) is 11.2. The van der Waals surface area contributed by atoms with E-state index in [4.69, 9.17) is 21.1 Å². The average Bonchev–Trinajstić information content (AvgIpc) is 2.61. The highest BCUT2D eigenvalue weighted by atomic mass is 35.5. The third-order valence-electron chi connectivity index (χ3n) is 3.24. The van der Waals surface area contributed by atoms with Crippen molar-refractivity contribution in [2.45, 2.75) is 30.4 Å². The standard InChI is InChI=1S/C20H19ClO3S/c1-3-5-13-23-16-9-11-18(12-10-16)25-19(4-2)20(22)24-17-8-6-7-15(21)14-17/h6-12,14,19H,4,13H2,1-2H3. The lowest BCUT2D eigenvalue weighted by Crippen LogP contribution is -2.22. The van der Waals surface area contributed by atoms with Crippen molar-refractivity contribution in [3.05, 3.63) is 53.6 Å². The van der Waals surface area contributed by atoms with Gasteiger partial charge in [0.25, 0.3) is 0 Å². The van der Waals surface area contributed by atoms with Crippen LogP contribution < -0.4 is 9.47 Å². The molecule has 2 aromatic carbocycles. The molecule has 0 aliphatic carbocycles. The van der Waals surface area contributed by atoms with E-state index in [0.717, 1.165) is 10.6 Å². The predicted octanol–water partition coefficient (Wildman–Crippen LogP) is 5.22. The Morgan fingerprint density at radius 1 is 1.20 bits per heavy atom. The number of ether oxygens (including phenoxy) is 2. The Kier molecular flexibility index (Phi) is 7.72. The summed E-state index contributed by atoms with van der Waals surface area (Å²) in [7, 11) is 0. The molecule has 3 nitrogen and oxygen atoms in total. The number of hydrogen-bond acceptors (Lipinski definition) is 4. The van der Waals surface area contributed by atoms with E-state index < -0.39 is 0 Å². The van der Waals surface area contributed by atoms with Crippen molar-refractivity contribution in [3.8, 4) is 23.3 Å². The third-order valence-corrected chi connectivity index (χ3v) is 4.83. The number of benzene rings is 2. The summed E-state index contributed by atoms with van der Waals surface area (Å²) in [6.07, 6.45) is 0.661. The summed E-state index contributed by atoms with van der Waals surface area (Å²) in [4.78, 5) is 13.4. The van der Waals surface area contributed by atoms with Gasteiger partial charge in [-0.05, 0) is 55.8 Å². The van der Waals surface area contributed by atoms with Gasteiger partial charge in [0.15, 0.2) is 0 Å². The van der Waals surface area contributed by atoms with Gasteiger partial charge < -0.3 is 9.47 Å². The summed E-state index contributed by atoms with van der Waals surface area (Å²) in [6.45, 7) is 4.10. The number of rotatable bonds is 7. The Morgan fingerprint density at radius 2 is 1.96 bits per heavy atom. The van der Waals surface area contributed by atoms with Crippen molar-refractivity contribution in [2.24, 2.45) is 0 Å². The highest BCUT2D eigenvalue weighted by Gasteiger charge is 2.20. The molecule has 0 aromatic heterocycles. The zero-order valence-corrected chi connectivity index (χ0v) is 15.7. The summed E-state index contributed by atoms with van der Waals surface area (Å²) in [5.41, 5.74) is 0. The highest BCUT2D eigenvalue weighted by molar-refractivity contribution is 8.00. The zero-order valence-electron chi connectivity index (χ0n) is 14.1. The van der Waals surface area contributed by atoms with Crippen LogP contribution in [-0.2, 0) is 4.79 Å². The van der Waals surface area contributed by atoms with Crippen molar-refractivity contribution in [1.29, 1.82) is 0 Å². The van der Waals surface area contributed by atoms with Crippen LogP contribution >= 0.6 is 23.4 Å². The number of thioether (sulfide) groups is 1. The van der Waals surface area contributed by atoms with E-state index in [1.807, 2.05) is 31.2 Å². The summed E-state index contributed by atoms with van der Waals surface area (Å²) in [5, 5.41) is 0.242. The first-order chi connectivity index (χ1) is 12.1. The average molecular weight is 375 g/mol. The quantitative estimate of drug-likeness (QED) is 0.288. The molecule has 0 aliphatic heterocycles. The third kappa shape index (κ3) is 6.38. The smallest absolute Gasteiger partial charge is 0.324 e. The van der Waals surface area contributed by atoms with Crippen LogP contribution in [0.3, 0.4) is 0 Å². The minimum Gasteiger partial charge on any atom is -0.481 e. The SMILES string of the molecule is CC#CCOc1ccc(SC(CC)C(=O)Oc2cccc(Cl)c2)cc1. The topological polar surface area (TPSA) is 35.5 Å². The van der Waals surface area contributed by atoms with E-state index in [1.54, 1.807) is 31.2 Å². The molecule has 0 radical (unpaired) electrons. The molecule has 0 aliphatic rings. The molecule has 25 heavy (non-hydrogen) atoms. The Labute approximate surface area is 157 Å². The fourth-order valence-electron chi connectivity index (χ4n) is 1.98. The molecule has 5 heteroatoms. The maximum atomic E-state index is 12.4. The zero-order chi connectivity index (χ0) is 18.1. The first-order valence-corrected chi connectivity index (χ1v) is 9.14. The van der Waals surface area contributed by atoms with E-state index in [0.29, 0.717) is 23.8 Å². The fraction of sp³-hybridized carbons (Fsp3) is 0.250. The van der Waals surface area contributed by atoms with E-state index in [-0.39, 0.29) is 11.2 Å². The largest absolute Gasteiger partial charge is 0.481 e. The van der Waals surface area contributed by atoms with Gasteiger partial charge in [-0.25, -0.2) is 0 Å². The minimum absolute atomic E-state index is 0.284. The Hall–Kier alpha value is -2.09. The number of esters is 1. The Morgan fingerprint density at radius 3 is 2.60 bits per heavy atom. The molecule has 0 fully saturated rings. The van der Waals surface area contributed by atoms with Crippen molar-refractivity contribution in [3.63, 3.8) is 0 Å². The molecular formula is C20H19ClO3S. The Balaban J connectivity index is 1.95. The lowest BCUT2D eigenvalue weighted by molar-refractivity contribution is -0.133. The lowest BCUT2D eigenvalue weighted by atomic mass is 10.3. The summed E-state index contributed by atoms with van der Waals surface area (Å²) in [5.74, 6) is 6.55. The number of carbonyl (C=O) groups is 1. The molecule has 0 N–H and O–H groups in total. The van der Waals surface area contributed by atoms with Gasteiger partial charge in [0.2, 0.25) is 0 Å². The van der Waals surface area contributed by atoms with Gasteiger partial charge in [-0.15, -0.1) is 17.7 Å². The monoisotopic (exact) mass is 374 g/mol. The van der Waals surface area contributed by atoms with Crippen LogP contribution in [0.15, 0.2) is 53.4 Å². The van der Waals surface area contributed by atoms with E-state index >= 15 is 0 Å². The molecule has 0 saturated carbocycles. The van der Waals surface area contributed by atoms with Gasteiger partial charge in [-0.1, -0.05) is 30.5 Å². The summed E-state index contributed by atoms with van der Waals surface area (Å²) >= 11 is 7.38. The molecule has 2 rings (SSSR count). The second-order valence-corrected chi connectivity index (χ2v) is 6.79. The van der Waals surface area contributed by atoms with Crippen LogP contribution in [0.4, 0.5) is 0 Å². The molecule has 0 saturated heterocycles. The molecule has 0 amide bonds. The minimum atomic E-state index is -0.295. The van der Waals surface area contributed by atoms with Crippen LogP contribution in [0.25, 0.3) is 0 Å². The fourth-order valence-corrected chi connectivity index (χ4v) is 3.09. The van der Waals surface area contributed by atoms with Gasteiger partial charge in [-0.2, -0.15) is 0 Å². The van der Waals surface area contributed by atoms with E-state index in [1.165, 1.54) is 11.8 Å². The van der Waals surface area contributed by atoms with Gasteiger partial charge in [0, 0.05) is 9.92 Å². The predicted molar refractivity (Wildman–Crippen MR) is 102 cm³/mol. The molecule has 0 heterocycles. The van der Waals surface area contributed by atoms with Crippen LogP contribution in [0.1, 0.15) is 20.3 Å². The molecular weight excluding hydrogens is 356 g/mol. The highest BCUT2D eigenvalue weighted by Crippen LogP contribution is 2.29. The van der Waals surface area contributed by atoms with Crippen LogP contribution in [-0.4, -0.2) is 17.8 Å². The molecule has 2 aromatic rings. The maximum Gasteiger partial charge on any atom is 0.324 e.